The average molecular weight is 249 g/mol. The minimum Gasteiger partial charge on any atom is -0.477 e. The molecule has 0 saturated heterocycles. The van der Waals surface area contributed by atoms with E-state index in [-0.39, 0.29) is 17.5 Å². The van der Waals surface area contributed by atoms with E-state index < -0.39 is 5.97 Å². The summed E-state index contributed by atoms with van der Waals surface area (Å²) >= 11 is 0. The number of carboxylic acids is 1. The molecule has 0 bridgehead atoms. The Labute approximate surface area is 107 Å². The van der Waals surface area contributed by atoms with Crippen molar-refractivity contribution in [3.63, 3.8) is 0 Å². The van der Waals surface area contributed by atoms with E-state index in [0.29, 0.717) is 5.92 Å². The Kier molecular flexibility index (Phi) is 4.18. The molecule has 98 valence electrons. The van der Waals surface area contributed by atoms with Crippen LogP contribution in [0.15, 0.2) is 18.3 Å². The summed E-state index contributed by atoms with van der Waals surface area (Å²) in [4.78, 5) is 15.2. The minimum atomic E-state index is -0.984. The number of aromatic nitrogens is 1. The lowest BCUT2D eigenvalue weighted by atomic mass is 9.85. The molecule has 0 radical (unpaired) electrons. The molecule has 18 heavy (non-hydrogen) atoms. The zero-order valence-corrected chi connectivity index (χ0v) is 10.6. The van der Waals surface area contributed by atoms with Crippen LogP contribution < -0.4 is 4.74 Å². The lowest BCUT2D eigenvalue weighted by molar-refractivity contribution is 0.0654. The molecular formula is C14H19NO3. The first kappa shape index (κ1) is 12.9. The monoisotopic (exact) mass is 249 g/mol. The molecule has 4 heteroatoms. The standard InChI is InChI=1S/C14H19NO3/c1-2-10-6-3-4-8-12(10)18-13-11(14(16)17)7-5-9-15-13/h5,7,9-10,12H,2-4,6,8H2,1H3,(H,16,17). The van der Waals surface area contributed by atoms with Crippen molar-refractivity contribution >= 4 is 5.97 Å². The van der Waals surface area contributed by atoms with Crippen molar-refractivity contribution in [2.75, 3.05) is 0 Å². The van der Waals surface area contributed by atoms with Crippen LogP contribution in [-0.4, -0.2) is 22.2 Å². The molecule has 4 nitrogen and oxygen atoms in total. The van der Waals surface area contributed by atoms with E-state index in [2.05, 4.69) is 11.9 Å². The average Bonchev–Trinajstić information content (AvgIpc) is 2.40. The number of ether oxygens (including phenoxy) is 1. The summed E-state index contributed by atoms with van der Waals surface area (Å²) in [6.45, 7) is 2.16. The van der Waals surface area contributed by atoms with E-state index in [0.717, 1.165) is 25.7 Å². The van der Waals surface area contributed by atoms with Crippen LogP contribution in [0, 0.1) is 5.92 Å². The summed E-state index contributed by atoms with van der Waals surface area (Å²) in [6, 6.07) is 3.16. The molecule has 1 aromatic heterocycles. The molecule has 0 aliphatic heterocycles. The van der Waals surface area contributed by atoms with Crippen LogP contribution in [0.2, 0.25) is 0 Å². The highest BCUT2D eigenvalue weighted by atomic mass is 16.5. The predicted molar refractivity (Wildman–Crippen MR) is 67.9 cm³/mol. The summed E-state index contributed by atoms with van der Waals surface area (Å²) in [6.07, 6.45) is 7.30. The topological polar surface area (TPSA) is 59.4 Å². The van der Waals surface area contributed by atoms with Gasteiger partial charge in [0.05, 0.1) is 0 Å². The fraction of sp³-hybridized carbons (Fsp3) is 0.571. The SMILES string of the molecule is CCC1CCCCC1Oc1ncccc1C(=O)O. The third kappa shape index (κ3) is 2.81. The maximum Gasteiger partial charge on any atom is 0.341 e. The highest BCUT2D eigenvalue weighted by Crippen LogP contribution is 2.30. The summed E-state index contributed by atoms with van der Waals surface area (Å²) in [5, 5.41) is 9.10. The maximum atomic E-state index is 11.1. The maximum absolute atomic E-state index is 11.1. The zero-order chi connectivity index (χ0) is 13.0. The van der Waals surface area contributed by atoms with Crippen molar-refractivity contribution in [3.8, 4) is 5.88 Å². The number of hydrogen-bond acceptors (Lipinski definition) is 3. The van der Waals surface area contributed by atoms with E-state index in [1.54, 1.807) is 12.3 Å². The lowest BCUT2D eigenvalue weighted by Crippen LogP contribution is -2.30. The first-order valence-electron chi connectivity index (χ1n) is 6.57. The molecule has 2 rings (SSSR count). The molecule has 1 N–H and O–H groups in total. The molecule has 0 spiro atoms. The number of pyridine rings is 1. The first-order valence-corrected chi connectivity index (χ1v) is 6.57. The number of rotatable bonds is 4. The van der Waals surface area contributed by atoms with E-state index >= 15 is 0 Å². The quantitative estimate of drug-likeness (QED) is 0.890. The molecule has 1 heterocycles. The molecule has 1 aromatic rings. The highest BCUT2D eigenvalue weighted by Gasteiger charge is 2.27. The normalized spacial score (nSPS) is 23.6. The van der Waals surface area contributed by atoms with Gasteiger partial charge in [0.2, 0.25) is 5.88 Å². The van der Waals surface area contributed by atoms with Gasteiger partial charge in [-0.05, 0) is 43.7 Å². The van der Waals surface area contributed by atoms with Gasteiger partial charge in [0.1, 0.15) is 11.7 Å². The van der Waals surface area contributed by atoms with E-state index in [1.165, 1.54) is 12.5 Å². The number of aromatic carboxylic acids is 1. The van der Waals surface area contributed by atoms with Gasteiger partial charge in [0, 0.05) is 6.20 Å². The Morgan fingerprint density at radius 1 is 1.50 bits per heavy atom. The van der Waals surface area contributed by atoms with Gasteiger partial charge in [-0.3, -0.25) is 0 Å². The third-order valence-electron chi connectivity index (χ3n) is 3.63. The number of carbonyl (C=O) groups is 1. The molecule has 2 unspecified atom stereocenters. The Hall–Kier alpha value is -1.58. The fourth-order valence-corrected chi connectivity index (χ4v) is 2.59. The van der Waals surface area contributed by atoms with Gasteiger partial charge in [-0.2, -0.15) is 0 Å². The van der Waals surface area contributed by atoms with E-state index in [9.17, 15) is 4.79 Å². The molecule has 1 aliphatic carbocycles. The second kappa shape index (κ2) is 5.85. The molecular weight excluding hydrogens is 230 g/mol. The Morgan fingerprint density at radius 3 is 3.00 bits per heavy atom. The zero-order valence-electron chi connectivity index (χ0n) is 10.6. The van der Waals surface area contributed by atoms with Gasteiger partial charge in [-0.25, -0.2) is 9.78 Å². The third-order valence-corrected chi connectivity index (χ3v) is 3.63. The molecule has 0 amide bonds. The summed E-state index contributed by atoms with van der Waals surface area (Å²) in [7, 11) is 0. The van der Waals surface area contributed by atoms with Gasteiger partial charge >= 0.3 is 5.97 Å². The molecule has 1 saturated carbocycles. The van der Waals surface area contributed by atoms with Crippen LogP contribution in [0.1, 0.15) is 49.4 Å². The van der Waals surface area contributed by atoms with Crippen molar-refractivity contribution < 1.29 is 14.6 Å². The van der Waals surface area contributed by atoms with Crippen molar-refractivity contribution in [2.45, 2.75) is 45.1 Å². The fourth-order valence-electron chi connectivity index (χ4n) is 2.59. The number of nitrogens with zero attached hydrogens (tertiary/aromatic N) is 1. The van der Waals surface area contributed by atoms with Crippen molar-refractivity contribution in [1.29, 1.82) is 0 Å². The van der Waals surface area contributed by atoms with Crippen molar-refractivity contribution in [2.24, 2.45) is 5.92 Å². The van der Waals surface area contributed by atoms with Crippen LogP contribution in [0.3, 0.4) is 0 Å². The summed E-state index contributed by atoms with van der Waals surface area (Å²) in [5.74, 6) is -0.209. The van der Waals surface area contributed by atoms with Gasteiger partial charge in [-0.1, -0.05) is 13.3 Å². The molecule has 1 aliphatic rings. The minimum absolute atomic E-state index is 0.108. The largest absolute Gasteiger partial charge is 0.477 e. The summed E-state index contributed by atoms with van der Waals surface area (Å²) < 4.78 is 5.86. The number of carboxylic acid groups (broad SMARTS) is 1. The number of hydrogen-bond donors (Lipinski definition) is 1. The van der Waals surface area contributed by atoms with Crippen LogP contribution in [0.4, 0.5) is 0 Å². The summed E-state index contributed by atoms with van der Waals surface area (Å²) in [5.41, 5.74) is 0.151. The highest BCUT2D eigenvalue weighted by molar-refractivity contribution is 5.90. The Morgan fingerprint density at radius 2 is 2.28 bits per heavy atom. The van der Waals surface area contributed by atoms with Gasteiger partial charge in [-0.15, -0.1) is 0 Å². The first-order chi connectivity index (χ1) is 8.72. The lowest BCUT2D eigenvalue weighted by Gasteiger charge is -2.31. The molecule has 0 aromatic carbocycles. The van der Waals surface area contributed by atoms with Crippen LogP contribution >= 0.6 is 0 Å². The molecule has 2 atom stereocenters. The predicted octanol–water partition coefficient (Wildman–Crippen LogP) is 3.13. The Balaban J connectivity index is 2.15. The smallest absolute Gasteiger partial charge is 0.341 e. The van der Waals surface area contributed by atoms with Crippen molar-refractivity contribution in [3.05, 3.63) is 23.9 Å². The molecule has 1 fully saturated rings. The second-order valence-corrected chi connectivity index (χ2v) is 4.77. The van der Waals surface area contributed by atoms with Crippen LogP contribution in [0.5, 0.6) is 5.88 Å². The van der Waals surface area contributed by atoms with Crippen LogP contribution in [0.25, 0.3) is 0 Å². The van der Waals surface area contributed by atoms with Crippen LogP contribution in [-0.2, 0) is 0 Å². The van der Waals surface area contributed by atoms with Crippen molar-refractivity contribution in [1.82, 2.24) is 4.98 Å². The van der Waals surface area contributed by atoms with Gasteiger partial charge in [0.25, 0.3) is 0 Å². The van der Waals surface area contributed by atoms with E-state index in [1.807, 2.05) is 0 Å². The van der Waals surface area contributed by atoms with Gasteiger partial charge in [0.15, 0.2) is 0 Å². The second-order valence-electron chi connectivity index (χ2n) is 4.77. The van der Waals surface area contributed by atoms with Gasteiger partial charge < -0.3 is 9.84 Å². The Bertz CT molecular complexity index is 419. The van der Waals surface area contributed by atoms with E-state index in [4.69, 9.17) is 9.84 Å².